The summed E-state index contributed by atoms with van der Waals surface area (Å²) in [7, 11) is 0. The lowest BCUT2D eigenvalue weighted by Gasteiger charge is -2.19. The highest BCUT2D eigenvalue weighted by Gasteiger charge is 2.40. The summed E-state index contributed by atoms with van der Waals surface area (Å²) in [4.78, 5) is 47.9. The number of aromatic nitrogens is 4. The third-order valence-electron chi connectivity index (χ3n) is 5.51. The van der Waals surface area contributed by atoms with Gasteiger partial charge in [-0.1, -0.05) is 36.4 Å². The Labute approximate surface area is 193 Å². The van der Waals surface area contributed by atoms with Crippen LogP contribution >= 0.6 is 0 Å². The van der Waals surface area contributed by atoms with Gasteiger partial charge in [-0.15, -0.1) is 0 Å². The van der Waals surface area contributed by atoms with Crippen molar-refractivity contribution in [1.82, 2.24) is 19.5 Å². The predicted octanol–water partition coefficient (Wildman–Crippen LogP) is 2.49. The summed E-state index contributed by atoms with van der Waals surface area (Å²) in [5.41, 5.74) is 0.931. The summed E-state index contributed by atoms with van der Waals surface area (Å²) in [6.07, 6.45) is 0.917. The normalized spacial score (nSPS) is 19.7. The van der Waals surface area contributed by atoms with Gasteiger partial charge < -0.3 is 19.2 Å². The Kier molecular flexibility index (Phi) is 5.88. The minimum atomic E-state index is -0.732. The fourth-order valence-corrected chi connectivity index (χ4v) is 3.81. The molecule has 1 N–H and O–H groups in total. The van der Waals surface area contributed by atoms with Gasteiger partial charge in [-0.2, -0.15) is 0 Å². The Bertz CT molecular complexity index is 1370. The van der Waals surface area contributed by atoms with Crippen molar-refractivity contribution in [1.29, 1.82) is 0 Å². The molecule has 3 heterocycles. The first-order valence-corrected chi connectivity index (χ1v) is 10.6. The molecule has 2 aromatic carbocycles. The van der Waals surface area contributed by atoms with Crippen LogP contribution in [0.5, 0.6) is 0 Å². The minimum absolute atomic E-state index is 0.127. The van der Waals surface area contributed by atoms with Crippen LogP contribution in [0.15, 0.2) is 78.1 Å². The largest absolute Gasteiger partial charge is 0.459 e. The number of ether oxygens (including phenoxy) is 3. The predicted molar refractivity (Wildman–Crippen MR) is 119 cm³/mol. The number of H-pyrrole nitrogens is 1. The minimum Gasteiger partial charge on any atom is -0.459 e. The van der Waals surface area contributed by atoms with E-state index in [9.17, 15) is 14.4 Å². The number of benzene rings is 2. The quantitative estimate of drug-likeness (QED) is 0.435. The molecule has 34 heavy (non-hydrogen) atoms. The number of hydrogen-bond donors (Lipinski definition) is 1. The third-order valence-corrected chi connectivity index (χ3v) is 5.51. The van der Waals surface area contributed by atoms with E-state index in [0.29, 0.717) is 16.8 Å². The van der Waals surface area contributed by atoms with Crippen LogP contribution in [0.4, 0.5) is 0 Å². The van der Waals surface area contributed by atoms with Crippen LogP contribution in [-0.4, -0.2) is 50.3 Å². The van der Waals surface area contributed by atoms with Crippen molar-refractivity contribution < 1.29 is 23.8 Å². The summed E-state index contributed by atoms with van der Waals surface area (Å²) in [5.74, 6) is -1.03. The Balaban J connectivity index is 1.37. The van der Waals surface area contributed by atoms with E-state index in [2.05, 4.69) is 15.0 Å². The van der Waals surface area contributed by atoms with Gasteiger partial charge in [0.2, 0.25) is 0 Å². The van der Waals surface area contributed by atoms with Gasteiger partial charge in [0.05, 0.1) is 23.8 Å². The van der Waals surface area contributed by atoms with E-state index in [-0.39, 0.29) is 24.1 Å². The molecule has 4 aromatic rings. The lowest BCUT2D eigenvalue weighted by Crippen LogP contribution is -2.32. The number of aromatic amines is 1. The number of nitrogens with zero attached hydrogens (tertiary/aromatic N) is 3. The van der Waals surface area contributed by atoms with Crippen molar-refractivity contribution in [3.8, 4) is 0 Å². The highest BCUT2D eigenvalue weighted by molar-refractivity contribution is 5.90. The Morgan fingerprint density at radius 1 is 1.00 bits per heavy atom. The number of imidazole rings is 1. The molecule has 172 valence electrons. The number of fused-ring (bicyclic) bond motifs is 1. The summed E-state index contributed by atoms with van der Waals surface area (Å²) in [6, 6.07) is 17.2. The lowest BCUT2D eigenvalue weighted by molar-refractivity contribution is -0.0563. The summed E-state index contributed by atoms with van der Waals surface area (Å²) in [6.45, 7) is -0.127. The third kappa shape index (κ3) is 4.30. The average molecular weight is 460 g/mol. The van der Waals surface area contributed by atoms with E-state index < -0.39 is 30.4 Å². The fourth-order valence-electron chi connectivity index (χ4n) is 3.81. The molecule has 10 heteroatoms. The molecule has 3 unspecified atom stereocenters. The first kappa shape index (κ1) is 21.5. The summed E-state index contributed by atoms with van der Waals surface area (Å²) < 4.78 is 18.9. The number of carbonyl (C=O) groups is 2. The molecule has 0 bridgehead atoms. The van der Waals surface area contributed by atoms with Crippen LogP contribution in [0.2, 0.25) is 0 Å². The number of carbonyl (C=O) groups excluding carboxylic acids is 2. The van der Waals surface area contributed by atoms with Crippen LogP contribution in [0.1, 0.15) is 33.4 Å². The van der Waals surface area contributed by atoms with E-state index in [0.717, 1.165) is 0 Å². The zero-order valence-electron chi connectivity index (χ0n) is 17.9. The monoisotopic (exact) mass is 460 g/mol. The van der Waals surface area contributed by atoms with Crippen LogP contribution in [0, 0.1) is 0 Å². The second-order valence-electron chi connectivity index (χ2n) is 7.69. The van der Waals surface area contributed by atoms with E-state index in [1.165, 1.54) is 12.7 Å². The van der Waals surface area contributed by atoms with Gasteiger partial charge in [0.15, 0.2) is 11.2 Å². The number of nitrogens with one attached hydrogen (secondary N) is 1. The van der Waals surface area contributed by atoms with E-state index in [1.54, 1.807) is 65.2 Å². The number of hydrogen-bond acceptors (Lipinski definition) is 8. The molecule has 0 aliphatic carbocycles. The van der Waals surface area contributed by atoms with Gasteiger partial charge in [0, 0.05) is 6.42 Å². The van der Waals surface area contributed by atoms with E-state index in [4.69, 9.17) is 14.2 Å². The van der Waals surface area contributed by atoms with Gasteiger partial charge >= 0.3 is 11.9 Å². The summed E-state index contributed by atoms with van der Waals surface area (Å²) in [5, 5.41) is 0. The van der Waals surface area contributed by atoms with Crippen molar-refractivity contribution in [2.45, 2.75) is 24.9 Å². The molecule has 0 spiro atoms. The molecule has 3 atom stereocenters. The maximum Gasteiger partial charge on any atom is 0.338 e. The SMILES string of the molecule is O=C(OCC1OC(n2cnc3c(=O)[nH]cnc32)CC1OC(=O)c1ccccc1)c1ccccc1. The first-order chi connectivity index (χ1) is 16.6. The molecular weight excluding hydrogens is 440 g/mol. The summed E-state index contributed by atoms with van der Waals surface area (Å²) >= 11 is 0. The average Bonchev–Trinajstić information content (AvgIpc) is 3.48. The standard InChI is InChI=1S/C24H20N4O6/c29-22-20-21(25-13-26-22)28(14-27-20)19-11-17(34-24(31)16-9-5-2-6-10-16)18(33-19)12-32-23(30)15-7-3-1-4-8-15/h1-10,13-14,17-19H,11-12H2,(H,25,26,29). The topological polar surface area (TPSA) is 125 Å². The van der Waals surface area contributed by atoms with Crippen molar-refractivity contribution in [2.24, 2.45) is 0 Å². The van der Waals surface area contributed by atoms with Crippen molar-refractivity contribution in [3.63, 3.8) is 0 Å². The Hall–Kier alpha value is -4.31. The van der Waals surface area contributed by atoms with Crippen LogP contribution in [0.25, 0.3) is 11.2 Å². The highest BCUT2D eigenvalue weighted by atomic mass is 16.6. The van der Waals surface area contributed by atoms with Gasteiger partial charge in [0.1, 0.15) is 25.0 Å². The van der Waals surface area contributed by atoms with Gasteiger partial charge in [-0.3, -0.25) is 9.36 Å². The Morgan fingerprint density at radius 3 is 2.38 bits per heavy atom. The molecule has 1 saturated heterocycles. The van der Waals surface area contributed by atoms with Gasteiger partial charge in [0.25, 0.3) is 5.56 Å². The van der Waals surface area contributed by atoms with Crippen LogP contribution in [-0.2, 0) is 14.2 Å². The van der Waals surface area contributed by atoms with Crippen molar-refractivity contribution in [2.75, 3.05) is 6.61 Å². The second kappa shape index (κ2) is 9.28. The number of rotatable bonds is 6. The molecule has 0 radical (unpaired) electrons. The van der Waals surface area contributed by atoms with Crippen molar-refractivity contribution in [3.05, 3.63) is 94.8 Å². The zero-order valence-corrected chi connectivity index (χ0v) is 17.9. The highest BCUT2D eigenvalue weighted by Crippen LogP contribution is 2.33. The maximum atomic E-state index is 12.7. The molecular formula is C24H20N4O6. The lowest BCUT2D eigenvalue weighted by atomic mass is 10.1. The maximum absolute atomic E-state index is 12.7. The second-order valence-corrected chi connectivity index (χ2v) is 7.69. The first-order valence-electron chi connectivity index (χ1n) is 10.6. The zero-order chi connectivity index (χ0) is 23.5. The van der Waals surface area contributed by atoms with Crippen molar-refractivity contribution >= 4 is 23.1 Å². The molecule has 1 fully saturated rings. The fraction of sp³-hybridized carbons (Fsp3) is 0.208. The molecule has 0 saturated carbocycles. The Morgan fingerprint density at radius 2 is 1.68 bits per heavy atom. The van der Waals surface area contributed by atoms with E-state index in [1.807, 2.05) is 0 Å². The molecule has 10 nitrogen and oxygen atoms in total. The molecule has 1 aliphatic heterocycles. The van der Waals surface area contributed by atoms with Gasteiger partial charge in [-0.05, 0) is 24.3 Å². The number of esters is 2. The molecule has 0 amide bonds. The smallest absolute Gasteiger partial charge is 0.338 e. The van der Waals surface area contributed by atoms with Gasteiger partial charge in [-0.25, -0.2) is 19.6 Å². The molecule has 5 rings (SSSR count). The molecule has 2 aromatic heterocycles. The van der Waals surface area contributed by atoms with E-state index >= 15 is 0 Å². The van der Waals surface area contributed by atoms with Crippen LogP contribution in [0.3, 0.4) is 0 Å². The molecule has 1 aliphatic rings. The van der Waals surface area contributed by atoms with Crippen LogP contribution < -0.4 is 5.56 Å².